The minimum atomic E-state index is -0.0476. The average Bonchev–Trinajstić information content (AvgIpc) is 2.30. The van der Waals surface area contributed by atoms with Gasteiger partial charge in [-0.25, -0.2) is 0 Å². The molecule has 1 amide bonds. The van der Waals surface area contributed by atoms with Gasteiger partial charge in [-0.05, 0) is 35.7 Å². The molecular weight excluding hydrogens is 210 g/mol. The lowest BCUT2D eigenvalue weighted by Crippen LogP contribution is -2.05. The van der Waals surface area contributed by atoms with E-state index in [2.05, 4.69) is 24.4 Å². The zero-order valence-electron chi connectivity index (χ0n) is 10.0. The lowest BCUT2D eigenvalue weighted by atomic mass is 10.0. The lowest BCUT2D eigenvalue weighted by molar-refractivity contribution is -0.114. The smallest absolute Gasteiger partial charge is 0.221 e. The van der Waals surface area contributed by atoms with Gasteiger partial charge in [-0.1, -0.05) is 36.4 Å². The Bertz CT molecular complexity index is 529. The summed E-state index contributed by atoms with van der Waals surface area (Å²) in [5.41, 5.74) is 4.47. The van der Waals surface area contributed by atoms with E-state index in [-0.39, 0.29) is 5.91 Å². The van der Waals surface area contributed by atoms with Crippen LogP contribution in [-0.4, -0.2) is 5.91 Å². The van der Waals surface area contributed by atoms with Crippen LogP contribution in [0.15, 0.2) is 48.5 Å². The van der Waals surface area contributed by atoms with E-state index in [1.165, 1.54) is 18.1 Å². The van der Waals surface area contributed by atoms with Gasteiger partial charge in [-0.3, -0.25) is 4.79 Å². The number of benzene rings is 2. The van der Waals surface area contributed by atoms with Crippen molar-refractivity contribution in [1.82, 2.24) is 0 Å². The van der Waals surface area contributed by atoms with Crippen molar-refractivity contribution in [2.24, 2.45) is 0 Å². The number of nitrogens with one attached hydrogen (secondary N) is 1. The van der Waals surface area contributed by atoms with Crippen molar-refractivity contribution in [1.29, 1.82) is 0 Å². The van der Waals surface area contributed by atoms with E-state index < -0.39 is 0 Å². The van der Waals surface area contributed by atoms with Gasteiger partial charge < -0.3 is 5.32 Å². The Labute approximate surface area is 101 Å². The maximum Gasteiger partial charge on any atom is 0.221 e. The first-order valence-corrected chi connectivity index (χ1v) is 5.60. The summed E-state index contributed by atoms with van der Waals surface area (Å²) in [5, 5.41) is 2.76. The predicted molar refractivity (Wildman–Crippen MR) is 70.9 cm³/mol. The molecule has 2 aromatic rings. The molecule has 0 unspecified atom stereocenters. The molecule has 0 aliphatic carbocycles. The zero-order valence-corrected chi connectivity index (χ0v) is 10.0. The van der Waals surface area contributed by atoms with Crippen molar-refractivity contribution >= 4 is 11.6 Å². The highest BCUT2D eigenvalue weighted by molar-refractivity contribution is 5.89. The van der Waals surface area contributed by atoms with Crippen LogP contribution in [0.5, 0.6) is 0 Å². The second-order valence-corrected chi connectivity index (χ2v) is 4.07. The number of amides is 1. The monoisotopic (exact) mass is 225 g/mol. The van der Waals surface area contributed by atoms with E-state index >= 15 is 0 Å². The first kappa shape index (κ1) is 11.4. The van der Waals surface area contributed by atoms with E-state index in [1.807, 2.05) is 36.4 Å². The topological polar surface area (TPSA) is 29.1 Å². The van der Waals surface area contributed by atoms with Crippen LogP contribution in [0.25, 0.3) is 11.1 Å². The van der Waals surface area contributed by atoms with Crippen LogP contribution >= 0.6 is 0 Å². The van der Waals surface area contributed by atoms with Crippen LogP contribution in [0.4, 0.5) is 5.69 Å². The standard InChI is InChI=1S/C15H15NO/c1-11-5-3-4-6-15(11)13-7-9-14(10-8-13)16-12(2)17/h3-10H,1-2H3,(H,16,17). The molecule has 0 aromatic heterocycles. The fourth-order valence-corrected chi connectivity index (χ4v) is 1.83. The Kier molecular flexibility index (Phi) is 3.24. The summed E-state index contributed by atoms with van der Waals surface area (Å²) in [7, 11) is 0. The Morgan fingerprint density at radius 2 is 1.65 bits per heavy atom. The number of carbonyl (C=O) groups is 1. The van der Waals surface area contributed by atoms with Crippen molar-refractivity contribution in [2.45, 2.75) is 13.8 Å². The molecule has 2 nitrogen and oxygen atoms in total. The van der Waals surface area contributed by atoms with E-state index in [9.17, 15) is 4.79 Å². The van der Waals surface area contributed by atoms with Gasteiger partial charge in [0.2, 0.25) is 5.91 Å². The number of hydrogen-bond donors (Lipinski definition) is 1. The van der Waals surface area contributed by atoms with Crippen LogP contribution < -0.4 is 5.32 Å². The Balaban J connectivity index is 2.30. The molecule has 0 fully saturated rings. The lowest BCUT2D eigenvalue weighted by Gasteiger charge is -2.07. The van der Waals surface area contributed by atoms with Gasteiger partial charge in [0.05, 0.1) is 0 Å². The summed E-state index contributed by atoms with van der Waals surface area (Å²) in [6.45, 7) is 3.60. The van der Waals surface area contributed by atoms with Crippen LogP contribution in [-0.2, 0) is 4.79 Å². The third-order valence-electron chi connectivity index (χ3n) is 2.66. The van der Waals surface area contributed by atoms with Crippen molar-refractivity contribution in [3.8, 4) is 11.1 Å². The van der Waals surface area contributed by atoms with Crippen molar-refractivity contribution in [3.63, 3.8) is 0 Å². The normalized spacial score (nSPS) is 10.0. The second kappa shape index (κ2) is 4.83. The maximum absolute atomic E-state index is 10.9. The summed E-state index contributed by atoms with van der Waals surface area (Å²) in [4.78, 5) is 10.9. The molecule has 0 spiro atoms. The Hall–Kier alpha value is -2.09. The highest BCUT2D eigenvalue weighted by Gasteiger charge is 2.01. The molecule has 0 bridgehead atoms. The zero-order chi connectivity index (χ0) is 12.3. The van der Waals surface area contributed by atoms with Crippen LogP contribution in [0, 0.1) is 6.92 Å². The molecule has 2 heteroatoms. The van der Waals surface area contributed by atoms with Gasteiger partial charge in [0.25, 0.3) is 0 Å². The third kappa shape index (κ3) is 2.72. The number of carbonyl (C=O) groups excluding carboxylic acids is 1. The summed E-state index contributed by atoms with van der Waals surface area (Å²) in [6.07, 6.45) is 0. The highest BCUT2D eigenvalue weighted by atomic mass is 16.1. The molecule has 0 aliphatic rings. The summed E-state index contributed by atoms with van der Waals surface area (Å²) < 4.78 is 0. The van der Waals surface area contributed by atoms with Crippen LogP contribution in [0.2, 0.25) is 0 Å². The number of aryl methyl sites for hydroxylation is 1. The first-order valence-electron chi connectivity index (χ1n) is 5.60. The fraction of sp³-hybridized carbons (Fsp3) is 0.133. The maximum atomic E-state index is 10.9. The molecule has 17 heavy (non-hydrogen) atoms. The summed E-state index contributed by atoms with van der Waals surface area (Å²) in [6, 6.07) is 16.1. The van der Waals surface area contributed by atoms with Crippen molar-refractivity contribution < 1.29 is 4.79 Å². The summed E-state index contributed by atoms with van der Waals surface area (Å²) in [5.74, 6) is -0.0476. The number of rotatable bonds is 2. The second-order valence-electron chi connectivity index (χ2n) is 4.07. The minimum absolute atomic E-state index is 0.0476. The van der Waals surface area contributed by atoms with Gasteiger partial charge in [-0.15, -0.1) is 0 Å². The molecule has 1 N–H and O–H groups in total. The molecule has 0 atom stereocenters. The van der Waals surface area contributed by atoms with Gasteiger partial charge >= 0.3 is 0 Å². The van der Waals surface area contributed by atoms with Crippen molar-refractivity contribution in [2.75, 3.05) is 5.32 Å². The Morgan fingerprint density at radius 1 is 1.00 bits per heavy atom. The molecule has 2 aromatic carbocycles. The first-order chi connectivity index (χ1) is 8.16. The van der Waals surface area contributed by atoms with Gasteiger partial charge in [0.15, 0.2) is 0 Å². The molecule has 0 aliphatic heterocycles. The minimum Gasteiger partial charge on any atom is -0.326 e. The largest absolute Gasteiger partial charge is 0.326 e. The van der Waals surface area contributed by atoms with Crippen LogP contribution in [0.3, 0.4) is 0 Å². The average molecular weight is 225 g/mol. The van der Waals surface area contributed by atoms with Crippen LogP contribution in [0.1, 0.15) is 12.5 Å². The molecule has 0 saturated heterocycles. The quantitative estimate of drug-likeness (QED) is 0.831. The van der Waals surface area contributed by atoms with Gasteiger partial charge in [-0.2, -0.15) is 0 Å². The van der Waals surface area contributed by atoms with Gasteiger partial charge in [0, 0.05) is 12.6 Å². The van der Waals surface area contributed by atoms with E-state index in [0.717, 1.165) is 11.3 Å². The number of hydrogen-bond acceptors (Lipinski definition) is 1. The summed E-state index contributed by atoms with van der Waals surface area (Å²) >= 11 is 0. The van der Waals surface area contributed by atoms with E-state index in [4.69, 9.17) is 0 Å². The SMILES string of the molecule is CC(=O)Nc1ccc(-c2ccccc2C)cc1. The highest BCUT2D eigenvalue weighted by Crippen LogP contribution is 2.24. The molecule has 0 heterocycles. The van der Waals surface area contributed by atoms with E-state index in [0.29, 0.717) is 0 Å². The third-order valence-corrected chi connectivity index (χ3v) is 2.66. The Morgan fingerprint density at radius 3 is 2.24 bits per heavy atom. The molecule has 2 rings (SSSR count). The fourth-order valence-electron chi connectivity index (χ4n) is 1.83. The van der Waals surface area contributed by atoms with E-state index in [1.54, 1.807) is 0 Å². The number of anilines is 1. The molecular formula is C15H15NO. The molecule has 86 valence electrons. The van der Waals surface area contributed by atoms with Gasteiger partial charge in [0.1, 0.15) is 0 Å². The molecule has 0 saturated carbocycles. The predicted octanol–water partition coefficient (Wildman–Crippen LogP) is 3.62. The van der Waals surface area contributed by atoms with Crippen molar-refractivity contribution in [3.05, 3.63) is 54.1 Å². The molecule has 0 radical (unpaired) electrons.